The zero-order chi connectivity index (χ0) is 18.0. The first-order valence-electron chi connectivity index (χ1n) is 7.99. The van der Waals surface area contributed by atoms with Crippen LogP contribution in [-0.2, 0) is 11.2 Å². The van der Waals surface area contributed by atoms with Gasteiger partial charge in [-0.05, 0) is 44.7 Å². The number of rotatable bonds is 6. The fraction of sp³-hybridized carbons (Fsp3) is 0.588. The largest absolute Gasteiger partial charge is 0.405 e. The van der Waals surface area contributed by atoms with Gasteiger partial charge in [-0.3, -0.25) is 10.2 Å². The summed E-state index contributed by atoms with van der Waals surface area (Å²) in [6.07, 6.45) is -2.55. The number of halogens is 4. The van der Waals surface area contributed by atoms with Gasteiger partial charge in [0.25, 0.3) is 0 Å². The smallest absolute Gasteiger partial charge is 0.288 e. The van der Waals surface area contributed by atoms with Crippen molar-refractivity contribution in [3.63, 3.8) is 0 Å². The maximum absolute atomic E-state index is 13.4. The lowest BCUT2D eigenvalue weighted by Gasteiger charge is -2.29. The molecule has 0 bridgehead atoms. The van der Waals surface area contributed by atoms with Crippen molar-refractivity contribution in [3.05, 3.63) is 34.3 Å². The monoisotopic (exact) mass is 406 g/mol. The molecule has 3 nitrogen and oxygen atoms in total. The molecule has 1 fully saturated rings. The molecule has 1 aliphatic heterocycles. The molecule has 1 amide bonds. The van der Waals surface area contributed by atoms with Gasteiger partial charge in [0.05, 0.1) is 5.41 Å². The number of hydrazine groups is 1. The van der Waals surface area contributed by atoms with Gasteiger partial charge in [0.1, 0.15) is 6.04 Å². The summed E-state index contributed by atoms with van der Waals surface area (Å²) in [7, 11) is 0. The van der Waals surface area contributed by atoms with Crippen LogP contribution in [0.15, 0.2) is 28.7 Å². The van der Waals surface area contributed by atoms with Crippen molar-refractivity contribution in [2.75, 3.05) is 6.54 Å². The van der Waals surface area contributed by atoms with Crippen molar-refractivity contribution in [3.8, 4) is 0 Å². The second kappa shape index (κ2) is 7.44. The number of nitrogens with one attached hydrogen (secondary N) is 1. The molecule has 1 aromatic rings. The molecule has 0 radical (unpaired) electrons. The van der Waals surface area contributed by atoms with Gasteiger partial charge in [-0.2, -0.15) is 13.2 Å². The molecular weight excluding hydrogens is 385 g/mol. The van der Waals surface area contributed by atoms with Crippen LogP contribution in [0.4, 0.5) is 13.2 Å². The average molecular weight is 407 g/mol. The van der Waals surface area contributed by atoms with Crippen LogP contribution in [-0.4, -0.2) is 29.7 Å². The summed E-state index contributed by atoms with van der Waals surface area (Å²) in [6.45, 7) is 3.38. The third-order valence-corrected chi connectivity index (χ3v) is 5.08. The molecule has 7 heteroatoms. The van der Waals surface area contributed by atoms with Crippen LogP contribution < -0.4 is 5.43 Å². The minimum atomic E-state index is -4.36. The van der Waals surface area contributed by atoms with Gasteiger partial charge >= 0.3 is 6.18 Å². The predicted octanol–water partition coefficient (Wildman–Crippen LogP) is 4.47. The minimum Gasteiger partial charge on any atom is -0.288 e. The van der Waals surface area contributed by atoms with E-state index in [0.717, 1.165) is 21.5 Å². The van der Waals surface area contributed by atoms with E-state index in [9.17, 15) is 18.0 Å². The van der Waals surface area contributed by atoms with E-state index in [1.807, 2.05) is 24.3 Å². The Morgan fingerprint density at radius 1 is 1.29 bits per heavy atom. The van der Waals surface area contributed by atoms with Crippen molar-refractivity contribution in [2.24, 2.45) is 5.41 Å². The van der Waals surface area contributed by atoms with Crippen LogP contribution in [0.25, 0.3) is 0 Å². The Balaban J connectivity index is 1.91. The zero-order valence-corrected chi connectivity index (χ0v) is 15.4. The molecule has 1 aliphatic rings. The highest BCUT2D eigenvalue weighted by Gasteiger charge is 2.49. The molecule has 0 saturated carbocycles. The Labute approximate surface area is 148 Å². The molecule has 1 N–H and O–H groups in total. The van der Waals surface area contributed by atoms with Crippen molar-refractivity contribution in [1.82, 2.24) is 10.4 Å². The molecule has 134 valence electrons. The summed E-state index contributed by atoms with van der Waals surface area (Å²) >= 11 is 3.45. The molecule has 1 saturated heterocycles. The van der Waals surface area contributed by atoms with Crippen LogP contribution >= 0.6 is 15.9 Å². The Kier molecular flexibility index (Phi) is 5.96. The van der Waals surface area contributed by atoms with Crippen molar-refractivity contribution < 1.29 is 18.0 Å². The number of hydrogen-bond donors (Lipinski definition) is 1. The van der Waals surface area contributed by atoms with E-state index in [1.165, 1.54) is 0 Å². The quantitative estimate of drug-likeness (QED) is 0.706. The van der Waals surface area contributed by atoms with Crippen LogP contribution in [0.2, 0.25) is 0 Å². The maximum Gasteiger partial charge on any atom is 0.405 e. The molecule has 0 aliphatic carbocycles. The Morgan fingerprint density at radius 2 is 1.96 bits per heavy atom. The maximum atomic E-state index is 13.4. The summed E-state index contributed by atoms with van der Waals surface area (Å²) in [6, 6.07) is 6.08. The molecule has 1 heterocycles. The first kappa shape index (κ1) is 19.2. The third kappa shape index (κ3) is 4.72. The Bertz CT molecular complexity index is 589. The number of alkyl halides is 3. The van der Waals surface area contributed by atoms with Gasteiger partial charge in [-0.15, -0.1) is 0 Å². The SMILES string of the molecule is CC1(C)CN([C@@H](CCCCc2ccccc2Br)C(F)(F)F)NC1=O. The lowest BCUT2D eigenvalue weighted by Crippen LogP contribution is -2.49. The van der Waals surface area contributed by atoms with E-state index >= 15 is 0 Å². The number of nitrogens with zero attached hydrogens (tertiary/aromatic N) is 1. The molecule has 0 unspecified atom stereocenters. The molecule has 2 rings (SSSR count). The number of amides is 1. The van der Waals surface area contributed by atoms with Gasteiger partial charge in [0.2, 0.25) is 5.91 Å². The van der Waals surface area contributed by atoms with E-state index in [1.54, 1.807) is 13.8 Å². The van der Waals surface area contributed by atoms with Crippen LogP contribution in [0, 0.1) is 5.41 Å². The van der Waals surface area contributed by atoms with E-state index in [2.05, 4.69) is 21.4 Å². The van der Waals surface area contributed by atoms with Crippen LogP contribution in [0.3, 0.4) is 0 Å². The zero-order valence-electron chi connectivity index (χ0n) is 13.8. The summed E-state index contributed by atoms with van der Waals surface area (Å²) in [5.74, 6) is -0.357. The van der Waals surface area contributed by atoms with Gasteiger partial charge in [-0.1, -0.05) is 40.5 Å². The van der Waals surface area contributed by atoms with Gasteiger partial charge in [0.15, 0.2) is 0 Å². The minimum absolute atomic E-state index is 0.0235. The van der Waals surface area contributed by atoms with E-state index in [0.29, 0.717) is 12.8 Å². The summed E-state index contributed by atoms with van der Waals surface area (Å²) in [5, 5.41) is 1.06. The second-order valence-corrected chi connectivity index (χ2v) is 7.70. The highest BCUT2D eigenvalue weighted by Crippen LogP contribution is 2.33. The Hall–Kier alpha value is -1.08. The number of carbonyl (C=O) groups excluding carboxylic acids is 1. The van der Waals surface area contributed by atoms with Crippen LogP contribution in [0.1, 0.15) is 38.7 Å². The standard InChI is InChI=1S/C17H22BrF3N2O/c1-16(2)11-23(22-15(16)24)14(17(19,20)21)10-6-4-8-12-7-3-5-9-13(12)18/h3,5,7,9,14H,4,6,8,10-11H2,1-2H3,(H,22,24)/t14-/m0/s1. The molecule has 24 heavy (non-hydrogen) atoms. The number of hydrogen-bond acceptors (Lipinski definition) is 2. The summed E-state index contributed by atoms with van der Waals surface area (Å²) in [5.41, 5.74) is 2.69. The van der Waals surface area contributed by atoms with E-state index in [-0.39, 0.29) is 18.9 Å². The fourth-order valence-corrected chi connectivity index (χ4v) is 3.34. The highest BCUT2D eigenvalue weighted by molar-refractivity contribution is 9.10. The number of carbonyl (C=O) groups is 1. The van der Waals surface area contributed by atoms with Crippen molar-refractivity contribution in [2.45, 2.75) is 51.7 Å². The lowest BCUT2D eigenvalue weighted by molar-refractivity contribution is -0.190. The molecule has 0 spiro atoms. The van der Waals surface area contributed by atoms with E-state index in [4.69, 9.17) is 0 Å². The summed E-state index contributed by atoms with van der Waals surface area (Å²) in [4.78, 5) is 11.8. The first-order valence-corrected chi connectivity index (χ1v) is 8.78. The van der Waals surface area contributed by atoms with Gasteiger partial charge in [-0.25, -0.2) is 5.01 Å². The first-order chi connectivity index (χ1) is 11.1. The lowest BCUT2D eigenvalue weighted by atomic mass is 9.94. The number of aryl methyl sites for hydroxylation is 1. The third-order valence-electron chi connectivity index (χ3n) is 4.31. The fourth-order valence-electron chi connectivity index (χ4n) is 2.86. The van der Waals surface area contributed by atoms with Gasteiger partial charge in [0, 0.05) is 11.0 Å². The van der Waals surface area contributed by atoms with E-state index < -0.39 is 17.6 Å². The van der Waals surface area contributed by atoms with Crippen LogP contribution in [0.5, 0.6) is 0 Å². The molecular formula is C17H22BrF3N2O. The number of unbranched alkanes of at least 4 members (excludes halogenated alkanes) is 1. The molecule has 1 aromatic carbocycles. The van der Waals surface area contributed by atoms with Gasteiger partial charge < -0.3 is 0 Å². The summed E-state index contributed by atoms with van der Waals surface area (Å²) < 4.78 is 41.1. The predicted molar refractivity (Wildman–Crippen MR) is 90.2 cm³/mol. The average Bonchev–Trinajstić information content (AvgIpc) is 2.72. The molecule has 0 aromatic heterocycles. The van der Waals surface area contributed by atoms with Crippen molar-refractivity contribution >= 4 is 21.8 Å². The normalized spacial score (nSPS) is 19.3. The van der Waals surface area contributed by atoms with Crippen molar-refractivity contribution in [1.29, 1.82) is 0 Å². The highest BCUT2D eigenvalue weighted by atomic mass is 79.9. The number of benzene rings is 1. The molecule has 1 atom stereocenters. The second-order valence-electron chi connectivity index (χ2n) is 6.85. The Morgan fingerprint density at radius 3 is 2.50 bits per heavy atom. The topological polar surface area (TPSA) is 32.3 Å².